The largest absolute Gasteiger partial charge is 0.475 e. The molecule has 1 rings (SSSR count). The monoisotopic (exact) mass is 174 g/mol. The molecule has 0 radical (unpaired) electrons. The number of aromatic carboxylic acids is 1. The van der Waals surface area contributed by atoms with Gasteiger partial charge < -0.3 is 5.11 Å². The normalized spacial score (nSPS) is 10.1. The van der Waals surface area contributed by atoms with Gasteiger partial charge in [0, 0.05) is 6.54 Å². The summed E-state index contributed by atoms with van der Waals surface area (Å²) < 4.78 is 12.7. The average molecular weight is 174 g/mol. The van der Waals surface area contributed by atoms with Gasteiger partial charge >= 0.3 is 5.97 Å². The maximum Gasteiger partial charge on any atom is 0.375 e. The van der Waals surface area contributed by atoms with E-state index < -0.39 is 12.6 Å². The van der Waals surface area contributed by atoms with Crippen molar-refractivity contribution in [3.8, 4) is 0 Å². The van der Waals surface area contributed by atoms with Crippen LogP contribution in [0.2, 0.25) is 0 Å². The number of nitrogens with zero attached hydrogens (tertiary/aromatic N) is 4. The molecule has 66 valence electrons. The van der Waals surface area contributed by atoms with Crippen LogP contribution < -0.4 is 0 Å². The van der Waals surface area contributed by atoms with Crippen molar-refractivity contribution < 1.29 is 14.3 Å². The Kier molecular flexibility index (Phi) is 2.67. The number of hydrogen-bond acceptors (Lipinski definition) is 4. The molecule has 0 aliphatic carbocycles. The van der Waals surface area contributed by atoms with E-state index in [4.69, 9.17) is 5.11 Å². The molecule has 0 aromatic carbocycles. The predicted octanol–water partition coefficient (Wildman–Crippen LogP) is -0.269. The molecule has 7 heteroatoms. The van der Waals surface area contributed by atoms with Crippen LogP contribution in [0.15, 0.2) is 0 Å². The smallest absolute Gasteiger partial charge is 0.375 e. The molecule has 1 heterocycles. The summed E-state index contributed by atoms with van der Waals surface area (Å²) >= 11 is 0. The SMILES string of the molecule is O=C(O)c1nnnn1CCCF. The van der Waals surface area contributed by atoms with Gasteiger partial charge in [-0.25, -0.2) is 9.48 Å². The maximum absolute atomic E-state index is 11.7. The zero-order valence-electron chi connectivity index (χ0n) is 6.14. The minimum Gasteiger partial charge on any atom is -0.475 e. The molecule has 0 saturated carbocycles. The van der Waals surface area contributed by atoms with Gasteiger partial charge in [-0.15, -0.1) is 5.10 Å². The van der Waals surface area contributed by atoms with Crippen molar-refractivity contribution in [1.82, 2.24) is 20.2 Å². The third-order valence-corrected chi connectivity index (χ3v) is 1.23. The van der Waals surface area contributed by atoms with Crippen LogP contribution in [0.4, 0.5) is 4.39 Å². The third kappa shape index (κ3) is 1.74. The second-order valence-corrected chi connectivity index (χ2v) is 2.07. The Hall–Kier alpha value is -1.53. The van der Waals surface area contributed by atoms with Crippen LogP contribution in [0.25, 0.3) is 0 Å². The van der Waals surface area contributed by atoms with E-state index in [0.717, 1.165) is 4.68 Å². The van der Waals surface area contributed by atoms with Crippen molar-refractivity contribution in [2.24, 2.45) is 0 Å². The molecule has 0 unspecified atom stereocenters. The molecule has 0 saturated heterocycles. The van der Waals surface area contributed by atoms with Gasteiger partial charge in [0.2, 0.25) is 0 Å². The van der Waals surface area contributed by atoms with E-state index in [0.29, 0.717) is 0 Å². The molecule has 1 aromatic heterocycles. The maximum atomic E-state index is 11.7. The second-order valence-electron chi connectivity index (χ2n) is 2.07. The molecule has 0 spiro atoms. The summed E-state index contributed by atoms with van der Waals surface area (Å²) in [6.45, 7) is -0.329. The van der Waals surface area contributed by atoms with Gasteiger partial charge in [-0.1, -0.05) is 0 Å². The first-order valence-electron chi connectivity index (χ1n) is 3.31. The lowest BCUT2D eigenvalue weighted by molar-refractivity contribution is 0.0675. The highest BCUT2D eigenvalue weighted by atomic mass is 19.1. The Morgan fingerprint density at radius 2 is 2.42 bits per heavy atom. The lowest BCUT2D eigenvalue weighted by atomic mass is 10.4. The molecule has 0 amide bonds. The summed E-state index contributed by atoms with van der Waals surface area (Å²) in [5.74, 6) is -1.47. The number of carboxylic acids is 1. The van der Waals surface area contributed by atoms with Gasteiger partial charge in [-0.2, -0.15) is 0 Å². The van der Waals surface area contributed by atoms with Crippen molar-refractivity contribution in [3.05, 3.63) is 5.82 Å². The van der Waals surface area contributed by atoms with Gasteiger partial charge in [0.1, 0.15) is 0 Å². The van der Waals surface area contributed by atoms with Crippen molar-refractivity contribution in [2.45, 2.75) is 13.0 Å². The van der Waals surface area contributed by atoms with E-state index in [1.54, 1.807) is 0 Å². The summed E-state index contributed by atoms with van der Waals surface area (Å²) in [4.78, 5) is 10.4. The number of tetrazole rings is 1. The number of aryl methyl sites for hydroxylation is 1. The van der Waals surface area contributed by atoms with E-state index in [1.807, 2.05) is 0 Å². The Balaban J connectivity index is 2.70. The van der Waals surface area contributed by atoms with Gasteiger partial charge in [0.15, 0.2) is 0 Å². The van der Waals surface area contributed by atoms with Crippen LogP contribution in [0.3, 0.4) is 0 Å². The number of halogens is 1. The summed E-state index contributed by atoms with van der Waals surface area (Å²) in [5.41, 5.74) is 0. The van der Waals surface area contributed by atoms with Crippen LogP contribution in [0.5, 0.6) is 0 Å². The molecule has 0 aliphatic heterocycles. The number of aromatic nitrogens is 4. The lowest BCUT2D eigenvalue weighted by Gasteiger charge is -1.97. The topological polar surface area (TPSA) is 80.9 Å². The second kappa shape index (κ2) is 3.74. The molecule has 1 N–H and O–H groups in total. The lowest BCUT2D eigenvalue weighted by Crippen LogP contribution is -2.11. The quantitative estimate of drug-likeness (QED) is 0.679. The van der Waals surface area contributed by atoms with Crippen molar-refractivity contribution >= 4 is 5.97 Å². The third-order valence-electron chi connectivity index (χ3n) is 1.23. The number of carboxylic acid groups (broad SMARTS) is 1. The van der Waals surface area contributed by atoms with Crippen LogP contribution in [-0.2, 0) is 6.54 Å². The van der Waals surface area contributed by atoms with Crippen LogP contribution in [-0.4, -0.2) is 38.0 Å². The minimum absolute atomic E-state index is 0.186. The fourth-order valence-corrected chi connectivity index (χ4v) is 0.718. The fourth-order valence-electron chi connectivity index (χ4n) is 0.718. The van der Waals surface area contributed by atoms with E-state index in [1.165, 1.54) is 0 Å². The molecule has 0 fully saturated rings. The van der Waals surface area contributed by atoms with Gasteiger partial charge in [-0.3, -0.25) is 4.39 Å². The first-order chi connectivity index (χ1) is 5.75. The Morgan fingerprint density at radius 3 is 3.00 bits per heavy atom. The zero-order valence-corrected chi connectivity index (χ0v) is 6.14. The summed E-state index contributed by atoms with van der Waals surface area (Å²) in [5, 5.41) is 18.3. The van der Waals surface area contributed by atoms with Crippen LogP contribution in [0.1, 0.15) is 17.0 Å². The summed E-state index contributed by atoms with van der Waals surface area (Å²) in [6, 6.07) is 0. The standard InChI is InChI=1S/C5H7FN4O2/c6-2-1-3-10-4(5(11)12)7-8-9-10/h1-3H2,(H,11,12). The first-order valence-corrected chi connectivity index (χ1v) is 3.31. The van der Waals surface area contributed by atoms with E-state index in [9.17, 15) is 9.18 Å². The number of alkyl halides is 1. The van der Waals surface area contributed by atoms with E-state index >= 15 is 0 Å². The molecule has 0 atom stereocenters. The van der Waals surface area contributed by atoms with Crippen LogP contribution in [0, 0.1) is 0 Å². The fraction of sp³-hybridized carbons (Fsp3) is 0.600. The molecule has 6 nitrogen and oxygen atoms in total. The van der Waals surface area contributed by atoms with E-state index in [2.05, 4.69) is 15.5 Å². The molecule has 0 bridgehead atoms. The Bertz CT molecular complexity index is 274. The summed E-state index contributed by atoms with van der Waals surface area (Å²) in [6.07, 6.45) is 0.214. The molecular weight excluding hydrogens is 167 g/mol. The highest BCUT2D eigenvalue weighted by molar-refractivity contribution is 5.82. The highest BCUT2D eigenvalue weighted by Crippen LogP contribution is 1.94. The summed E-state index contributed by atoms with van der Waals surface area (Å²) in [7, 11) is 0. The first kappa shape index (κ1) is 8.57. The zero-order chi connectivity index (χ0) is 8.97. The van der Waals surface area contributed by atoms with E-state index in [-0.39, 0.29) is 18.8 Å². The highest BCUT2D eigenvalue weighted by Gasteiger charge is 2.12. The molecule has 0 aliphatic rings. The molecular formula is C5H7FN4O2. The Morgan fingerprint density at radius 1 is 1.67 bits per heavy atom. The van der Waals surface area contributed by atoms with Crippen molar-refractivity contribution in [3.63, 3.8) is 0 Å². The van der Waals surface area contributed by atoms with Gasteiger partial charge in [0.25, 0.3) is 5.82 Å². The number of hydrogen-bond donors (Lipinski definition) is 1. The van der Waals surface area contributed by atoms with Crippen LogP contribution >= 0.6 is 0 Å². The number of carbonyl (C=O) groups is 1. The van der Waals surface area contributed by atoms with Gasteiger partial charge in [0.05, 0.1) is 6.67 Å². The molecule has 1 aromatic rings. The number of rotatable bonds is 4. The van der Waals surface area contributed by atoms with Crippen molar-refractivity contribution in [2.75, 3.05) is 6.67 Å². The average Bonchev–Trinajstić information content (AvgIpc) is 2.48. The Labute approximate surface area is 67.0 Å². The van der Waals surface area contributed by atoms with Gasteiger partial charge in [-0.05, 0) is 16.8 Å². The minimum atomic E-state index is -1.21. The van der Waals surface area contributed by atoms with Crippen molar-refractivity contribution in [1.29, 1.82) is 0 Å². The molecule has 12 heavy (non-hydrogen) atoms. The predicted molar refractivity (Wildman–Crippen MR) is 35.4 cm³/mol.